The fraction of sp³-hybridized carbons (Fsp3) is 0.571. The van der Waals surface area contributed by atoms with Crippen molar-refractivity contribution in [3.63, 3.8) is 0 Å². The minimum Gasteiger partial charge on any atom is -0.349 e. The third kappa shape index (κ3) is 2.99. The lowest BCUT2D eigenvalue weighted by molar-refractivity contribution is -0.117. The molecule has 1 aromatic heterocycles. The average molecular weight is 262 g/mol. The smallest absolute Gasteiger partial charge is 0.244 e. The Kier molecular flexibility index (Phi) is 3.20. The summed E-state index contributed by atoms with van der Waals surface area (Å²) in [6, 6.07) is 0.430. The van der Waals surface area contributed by atoms with Crippen molar-refractivity contribution in [1.29, 1.82) is 0 Å². The molecule has 2 aliphatic rings. The van der Waals surface area contributed by atoms with E-state index in [0.717, 1.165) is 22.5 Å². The lowest BCUT2D eigenvalue weighted by Gasteiger charge is -2.16. The molecule has 1 heterocycles. The van der Waals surface area contributed by atoms with Crippen LogP contribution in [0.2, 0.25) is 0 Å². The predicted octanol–water partition coefficient (Wildman–Crippen LogP) is 2.77. The Morgan fingerprint density at radius 3 is 2.61 bits per heavy atom. The summed E-state index contributed by atoms with van der Waals surface area (Å²) in [5.41, 5.74) is 0.877. The summed E-state index contributed by atoms with van der Waals surface area (Å²) in [4.78, 5) is 16.2. The second-order valence-electron chi connectivity index (χ2n) is 5.33. The van der Waals surface area contributed by atoms with E-state index >= 15 is 0 Å². The number of aromatic nitrogens is 1. The zero-order valence-electron chi connectivity index (χ0n) is 10.6. The molecule has 0 unspecified atom stereocenters. The van der Waals surface area contributed by atoms with Gasteiger partial charge in [0.15, 0.2) is 0 Å². The summed E-state index contributed by atoms with van der Waals surface area (Å²) in [6.07, 6.45) is 8.57. The first-order valence-corrected chi connectivity index (χ1v) is 7.51. The standard InChI is InChI=1S/C14H18N2OS/c1-9-15-12(8-18-9)6-7-13(17)16-14(10-2-3-10)11-4-5-11/h6-8,10-11,14H,2-5H2,1H3,(H,16,17)/b7-6+. The maximum atomic E-state index is 11.9. The van der Waals surface area contributed by atoms with Gasteiger partial charge in [-0.15, -0.1) is 11.3 Å². The lowest BCUT2D eigenvalue weighted by Crippen LogP contribution is -2.37. The van der Waals surface area contributed by atoms with Crippen LogP contribution < -0.4 is 5.32 Å². The second kappa shape index (κ2) is 4.84. The third-order valence-corrected chi connectivity index (χ3v) is 4.40. The van der Waals surface area contributed by atoms with Gasteiger partial charge in [-0.3, -0.25) is 4.79 Å². The molecule has 0 bridgehead atoms. The van der Waals surface area contributed by atoms with Crippen LogP contribution >= 0.6 is 11.3 Å². The van der Waals surface area contributed by atoms with E-state index in [-0.39, 0.29) is 5.91 Å². The summed E-state index contributed by atoms with van der Waals surface area (Å²) in [6.45, 7) is 1.97. The number of nitrogens with zero attached hydrogens (tertiary/aromatic N) is 1. The number of thiazole rings is 1. The van der Waals surface area contributed by atoms with Gasteiger partial charge in [0.2, 0.25) is 5.91 Å². The van der Waals surface area contributed by atoms with E-state index in [2.05, 4.69) is 10.3 Å². The van der Waals surface area contributed by atoms with Crippen molar-refractivity contribution >= 4 is 23.3 Å². The van der Waals surface area contributed by atoms with Gasteiger partial charge in [0, 0.05) is 17.5 Å². The summed E-state index contributed by atoms with van der Waals surface area (Å²) < 4.78 is 0. The first-order valence-electron chi connectivity index (χ1n) is 6.63. The van der Waals surface area contributed by atoms with Gasteiger partial charge in [0.25, 0.3) is 0 Å². The number of rotatable bonds is 5. The summed E-state index contributed by atoms with van der Waals surface area (Å²) in [7, 11) is 0. The molecule has 1 amide bonds. The number of carbonyl (C=O) groups is 1. The van der Waals surface area contributed by atoms with Gasteiger partial charge in [0.1, 0.15) is 0 Å². The molecule has 0 aliphatic heterocycles. The second-order valence-corrected chi connectivity index (χ2v) is 6.40. The highest BCUT2D eigenvalue weighted by Crippen LogP contribution is 2.44. The molecule has 0 spiro atoms. The minimum atomic E-state index is 0.0319. The van der Waals surface area contributed by atoms with Crippen LogP contribution in [0.4, 0.5) is 0 Å². The molecule has 0 radical (unpaired) electrons. The van der Waals surface area contributed by atoms with E-state index < -0.39 is 0 Å². The minimum absolute atomic E-state index is 0.0319. The van der Waals surface area contributed by atoms with Crippen molar-refractivity contribution in [2.75, 3.05) is 0 Å². The first-order chi connectivity index (χ1) is 8.72. The first kappa shape index (κ1) is 11.9. The van der Waals surface area contributed by atoms with E-state index in [1.807, 2.05) is 12.3 Å². The van der Waals surface area contributed by atoms with Gasteiger partial charge in [-0.1, -0.05) is 0 Å². The topological polar surface area (TPSA) is 42.0 Å². The number of carbonyl (C=O) groups excluding carboxylic acids is 1. The molecule has 2 fully saturated rings. The molecule has 0 saturated heterocycles. The summed E-state index contributed by atoms with van der Waals surface area (Å²) in [5, 5.41) is 6.17. The Morgan fingerprint density at radius 1 is 1.44 bits per heavy atom. The molecule has 1 N–H and O–H groups in total. The largest absolute Gasteiger partial charge is 0.349 e. The SMILES string of the molecule is Cc1nc(/C=C/C(=O)NC(C2CC2)C2CC2)cs1. The van der Waals surface area contributed by atoms with Crippen molar-refractivity contribution in [2.45, 2.75) is 38.6 Å². The van der Waals surface area contributed by atoms with Crippen LogP contribution in [0.15, 0.2) is 11.5 Å². The fourth-order valence-corrected chi connectivity index (χ4v) is 2.94. The number of hydrogen-bond acceptors (Lipinski definition) is 3. The fourth-order valence-electron chi connectivity index (χ4n) is 2.36. The van der Waals surface area contributed by atoms with Gasteiger partial charge in [-0.25, -0.2) is 4.98 Å². The van der Waals surface area contributed by atoms with E-state index in [9.17, 15) is 4.79 Å². The van der Waals surface area contributed by atoms with Gasteiger partial charge in [0.05, 0.1) is 10.7 Å². The molecule has 1 aromatic rings. The van der Waals surface area contributed by atoms with Crippen molar-refractivity contribution in [1.82, 2.24) is 10.3 Å². The van der Waals surface area contributed by atoms with Gasteiger partial charge in [-0.2, -0.15) is 0 Å². The molecular formula is C14H18N2OS. The van der Waals surface area contributed by atoms with Crippen LogP contribution in [-0.4, -0.2) is 16.9 Å². The Balaban J connectivity index is 1.55. The number of amides is 1. The van der Waals surface area contributed by atoms with Crippen LogP contribution in [0.25, 0.3) is 6.08 Å². The van der Waals surface area contributed by atoms with E-state index in [1.165, 1.54) is 25.7 Å². The van der Waals surface area contributed by atoms with Crippen molar-refractivity contribution < 1.29 is 4.79 Å². The monoisotopic (exact) mass is 262 g/mol. The quantitative estimate of drug-likeness (QED) is 0.829. The highest BCUT2D eigenvalue weighted by Gasteiger charge is 2.41. The normalized spacial score (nSPS) is 19.7. The summed E-state index contributed by atoms with van der Waals surface area (Å²) >= 11 is 1.61. The Hall–Kier alpha value is -1.16. The summed E-state index contributed by atoms with van der Waals surface area (Å²) in [5.74, 6) is 1.53. The van der Waals surface area contributed by atoms with Gasteiger partial charge < -0.3 is 5.32 Å². The van der Waals surface area contributed by atoms with Crippen molar-refractivity contribution in [3.05, 3.63) is 22.2 Å². The van der Waals surface area contributed by atoms with Crippen molar-refractivity contribution in [3.8, 4) is 0 Å². The van der Waals surface area contributed by atoms with Crippen LogP contribution in [-0.2, 0) is 4.79 Å². The maximum Gasteiger partial charge on any atom is 0.244 e. The predicted molar refractivity (Wildman–Crippen MR) is 73.3 cm³/mol. The number of aryl methyl sites for hydroxylation is 1. The molecule has 96 valence electrons. The zero-order valence-corrected chi connectivity index (χ0v) is 11.4. The molecule has 2 saturated carbocycles. The van der Waals surface area contributed by atoms with Crippen molar-refractivity contribution in [2.24, 2.45) is 11.8 Å². The van der Waals surface area contributed by atoms with E-state index in [4.69, 9.17) is 0 Å². The lowest BCUT2D eigenvalue weighted by atomic mass is 10.1. The Bertz CT molecular complexity index is 460. The highest BCUT2D eigenvalue weighted by atomic mass is 32.1. The average Bonchev–Trinajstić information content (AvgIpc) is 3.23. The molecule has 2 aliphatic carbocycles. The number of nitrogens with one attached hydrogen (secondary N) is 1. The molecule has 0 aromatic carbocycles. The van der Waals surface area contributed by atoms with E-state index in [0.29, 0.717) is 6.04 Å². The molecule has 18 heavy (non-hydrogen) atoms. The molecule has 3 nitrogen and oxygen atoms in total. The molecule has 4 heteroatoms. The molecule has 3 rings (SSSR count). The van der Waals surface area contributed by atoms with Crippen LogP contribution in [0.3, 0.4) is 0 Å². The Labute approximate surface area is 111 Å². The highest BCUT2D eigenvalue weighted by molar-refractivity contribution is 7.09. The van der Waals surface area contributed by atoms with E-state index in [1.54, 1.807) is 23.5 Å². The van der Waals surface area contributed by atoms with Gasteiger partial charge in [-0.05, 0) is 50.5 Å². The van der Waals surface area contributed by atoms with Crippen LogP contribution in [0.1, 0.15) is 36.4 Å². The zero-order chi connectivity index (χ0) is 12.5. The van der Waals surface area contributed by atoms with Crippen LogP contribution in [0, 0.1) is 18.8 Å². The Morgan fingerprint density at radius 2 is 2.11 bits per heavy atom. The molecule has 0 atom stereocenters. The maximum absolute atomic E-state index is 11.9. The van der Waals surface area contributed by atoms with Crippen LogP contribution in [0.5, 0.6) is 0 Å². The van der Waals surface area contributed by atoms with Gasteiger partial charge >= 0.3 is 0 Å². The molecular weight excluding hydrogens is 244 g/mol. The number of hydrogen-bond donors (Lipinski definition) is 1. The third-order valence-electron chi connectivity index (χ3n) is 3.61.